The summed E-state index contributed by atoms with van der Waals surface area (Å²) >= 11 is 12.0. The quantitative estimate of drug-likeness (QED) is 0.283. The molecule has 2 atom stereocenters. The van der Waals surface area contributed by atoms with E-state index in [9.17, 15) is 14.0 Å². The van der Waals surface area contributed by atoms with E-state index in [2.05, 4.69) is 43.6 Å². The van der Waals surface area contributed by atoms with Gasteiger partial charge in [-0.3, -0.25) is 9.59 Å². The van der Waals surface area contributed by atoms with Crippen LogP contribution < -0.4 is 16.0 Å². The van der Waals surface area contributed by atoms with Gasteiger partial charge in [0.1, 0.15) is 5.82 Å². The van der Waals surface area contributed by atoms with Crippen molar-refractivity contribution >= 4 is 41.2 Å². The highest BCUT2D eigenvalue weighted by Gasteiger charge is 2.30. The Kier molecular flexibility index (Phi) is 12.3. The van der Waals surface area contributed by atoms with E-state index in [1.165, 1.54) is 12.5 Å². The average Bonchev–Trinajstić information content (AvgIpc) is 2.82. The van der Waals surface area contributed by atoms with Crippen molar-refractivity contribution in [3.05, 3.63) is 63.4 Å². The molecule has 1 fully saturated rings. The third-order valence-electron chi connectivity index (χ3n) is 6.00. The zero-order chi connectivity index (χ0) is 27.6. The summed E-state index contributed by atoms with van der Waals surface area (Å²) in [5.41, 5.74) is 2.18. The highest BCUT2D eigenvalue weighted by molar-refractivity contribution is 6.31. The third-order valence-corrected chi connectivity index (χ3v) is 6.53. The van der Waals surface area contributed by atoms with Gasteiger partial charge in [-0.2, -0.15) is 0 Å². The molecule has 1 unspecified atom stereocenters. The number of halogens is 3. The van der Waals surface area contributed by atoms with E-state index in [4.69, 9.17) is 23.2 Å². The Morgan fingerprint density at radius 2 is 1.76 bits per heavy atom. The summed E-state index contributed by atoms with van der Waals surface area (Å²) in [5, 5.41) is 9.55. The average molecular weight is 553 g/mol. The first kappa shape index (κ1) is 31.1. The molecule has 0 bridgehead atoms. The molecule has 204 valence electrons. The molecule has 0 aliphatic heterocycles. The molecule has 0 aromatic heterocycles. The Labute approximate surface area is 230 Å². The van der Waals surface area contributed by atoms with Crippen LogP contribution in [0.2, 0.25) is 10.0 Å². The SMILES string of the molecule is CC(C)(C)C.CC(c1cccc(Cl)c1F)[C@@H](NCc1ccc(Cl)cc1NC=O)C(=O)NC1CCCCC1. The van der Waals surface area contributed by atoms with Gasteiger partial charge in [-0.05, 0) is 47.6 Å². The lowest BCUT2D eigenvalue weighted by atomic mass is 9.90. The Morgan fingerprint density at radius 1 is 1.11 bits per heavy atom. The molecular formula is C29H40Cl2FN3O2. The van der Waals surface area contributed by atoms with Gasteiger partial charge in [0.25, 0.3) is 0 Å². The molecule has 0 saturated heterocycles. The standard InChI is InChI=1S/C24H28Cl2FN3O2.C5H12/c1-15(19-8-5-9-20(26)22(19)27)23(24(32)30-18-6-3-2-4-7-18)28-13-16-10-11-17(25)12-21(16)29-14-31;1-5(2,3)4/h5,8-12,14-15,18,23,28H,2-4,6-7,13H2,1H3,(H,29,31)(H,30,32);1-4H3/t15?,23-;/m1./s1. The number of carbonyl (C=O) groups is 2. The zero-order valence-electron chi connectivity index (χ0n) is 22.5. The van der Waals surface area contributed by atoms with E-state index in [1.807, 2.05) is 0 Å². The van der Waals surface area contributed by atoms with E-state index < -0.39 is 17.8 Å². The van der Waals surface area contributed by atoms with E-state index in [-0.39, 0.29) is 23.5 Å². The van der Waals surface area contributed by atoms with Gasteiger partial charge in [-0.25, -0.2) is 4.39 Å². The Bertz CT molecular complexity index is 1030. The maximum atomic E-state index is 14.8. The maximum absolute atomic E-state index is 14.8. The number of benzene rings is 2. The monoisotopic (exact) mass is 551 g/mol. The number of carbonyl (C=O) groups excluding carboxylic acids is 2. The second-order valence-electron chi connectivity index (χ2n) is 11.2. The van der Waals surface area contributed by atoms with Crippen LogP contribution in [0.5, 0.6) is 0 Å². The number of rotatable bonds is 9. The first-order valence-corrected chi connectivity index (χ1v) is 13.6. The van der Waals surface area contributed by atoms with Crippen LogP contribution in [-0.4, -0.2) is 24.4 Å². The highest BCUT2D eigenvalue weighted by Crippen LogP contribution is 2.28. The lowest BCUT2D eigenvalue weighted by Gasteiger charge is -2.29. The smallest absolute Gasteiger partial charge is 0.237 e. The van der Waals surface area contributed by atoms with Crippen molar-refractivity contribution in [3.8, 4) is 0 Å². The minimum atomic E-state index is -0.704. The van der Waals surface area contributed by atoms with Crippen LogP contribution in [0.4, 0.5) is 10.1 Å². The molecule has 0 radical (unpaired) electrons. The van der Waals surface area contributed by atoms with E-state index >= 15 is 0 Å². The predicted octanol–water partition coefficient (Wildman–Crippen LogP) is 7.46. The van der Waals surface area contributed by atoms with Crippen LogP contribution in [0.3, 0.4) is 0 Å². The number of hydrogen-bond donors (Lipinski definition) is 3. The molecule has 1 aliphatic carbocycles. The summed E-state index contributed by atoms with van der Waals surface area (Å²) in [6.45, 7) is 10.8. The van der Waals surface area contributed by atoms with Crippen LogP contribution in [0.1, 0.15) is 83.8 Å². The van der Waals surface area contributed by atoms with Gasteiger partial charge in [0, 0.05) is 29.2 Å². The largest absolute Gasteiger partial charge is 0.352 e. The molecule has 2 aromatic carbocycles. The van der Waals surface area contributed by atoms with Crippen molar-refractivity contribution in [2.45, 2.75) is 91.3 Å². The van der Waals surface area contributed by atoms with Crippen molar-refractivity contribution < 1.29 is 14.0 Å². The molecule has 1 saturated carbocycles. The number of amides is 2. The van der Waals surface area contributed by atoms with Crippen molar-refractivity contribution in [3.63, 3.8) is 0 Å². The van der Waals surface area contributed by atoms with Gasteiger partial charge in [-0.1, -0.05) is 95.3 Å². The Morgan fingerprint density at radius 3 is 2.38 bits per heavy atom. The van der Waals surface area contributed by atoms with Crippen LogP contribution in [0.15, 0.2) is 36.4 Å². The molecule has 3 rings (SSSR count). The van der Waals surface area contributed by atoms with E-state index in [0.717, 1.165) is 31.2 Å². The number of nitrogens with one attached hydrogen (secondary N) is 3. The van der Waals surface area contributed by atoms with Gasteiger partial charge >= 0.3 is 0 Å². The van der Waals surface area contributed by atoms with Gasteiger partial charge in [0.15, 0.2) is 0 Å². The lowest BCUT2D eigenvalue weighted by Crippen LogP contribution is -2.50. The third kappa shape index (κ3) is 10.6. The van der Waals surface area contributed by atoms with Gasteiger partial charge < -0.3 is 16.0 Å². The van der Waals surface area contributed by atoms with Crippen LogP contribution in [-0.2, 0) is 16.1 Å². The topological polar surface area (TPSA) is 70.2 Å². The van der Waals surface area contributed by atoms with Crippen LogP contribution >= 0.6 is 23.2 Å². The molecule has 3 N–H and O–H groups in total. The summed E-state index contributed by atoms with van der Waals surface area (Å²) in [5.74, 6) is -1.18. The lowest BCUT2D eigenvalue weighted by molar-refractivity contribution is -0.124. The zero-order valence-corrected chi connectivity index (χ0v) is 24.0. The molecule has 2 aromatic rings. The minimum Gasteiger partial charge on any atom is -0.352 e. The molecule has 0 heterocycles. The van der Waals surface area contributed by atoms with Gasteiger partial charge in [-0.15, -0.1) is 0 Å². The fourth-order valence-corrected chi connectivity index (χ4v) is 4.56. The fourth-order valence-electron chi connectivity index (χ4n) is 4.21. The highest BCUT2D eigenvalue weighted by atomic mass is 35.5. The van der Waals surface area contributed by atoms with Crippen molar-refractivity contribution in [2.75, 3.05) is 5.32 Å². The molecule has 37 heavy (non-hydrogen) atoms. The first-order valence-electron chi connectivity index (χ1n) is 12.9. The van der Waals surface area contributed by atoms with Gasteiger partial charge in [0.2, 0.25) is 12.3 Å². The second kappa shape index (κ2) is 14.7. The van der Waals surface area contributed by atoms with Crippen molar-refractivity contribution in [1.82, 2.24) is 10.6 Å². The summed E-state index contributed by atoms with van der Waals surface area (Å²) in [4.78, 5) is 24.3. The van der Waals surface area contributed by atoms with E-state index in [1.54, 1.807) is 37.3 Å². The molecule has 1 aliphatic rings. The molecular weight excluding hydrogens is 512 g/mol. The van der Waals surface area contributed by atoms with Crippen molar-refractivity contribution in [1.29, 1.82) is 0 Å². The molecule has 0 spiro atoms. The molecule has 8 heteroatoms. The van der Waals surface area contributed by atoms with Crippen molar-refractivity contribution in [2.24, 2.45) is 5.41 Å². The maximum Gasteiger partial charge on any atom is 0.237 e. The summed E-state index contributed by atoms with van der Waals surface area (Å²) in [7, 11) is 0. The summed E-state index contributed by atoms with van der Waals surface area (Å²) in [6.07, 6.45) is 5.83. The normalized spacial score (nSPS) is 15.7. The predicted molar refractivity (Wildman–Crippen MR) is 152 cm³/mol. The Hall–Kier alpha value is -2.15. The number of hydrogen-bond acceptors (Lipinski definition) is 3. The minimum absolute atomic E-state index is 0.0240. The summed E-state index contributed by atoms with van der Waals surface area (Å²) < 4.78 is 14.8. The fraction of sp³-hybridized carbons (Fsp3) is 0.517. The summed E-state index contributed by atoms with van der Waals surface area (Å²) in [6, 6.07) is 9.37. The van der Waals surface area contributed by atoms with Crippen LogP contribution in [0.25, 0.3) is 0 Å². The van der Waals surface area contributed by atoms with Crippen LogP contribution in [0, 0.1) is 11.2 Å². The molecule has 2 amide bonds. The van der Waals surface area contributed by atoms with Gasteiger partial charge in [0.05, 0.1) is 11.1 Å². The Balaban J connectivity index is 0.000000877. The molecule has 5 nitrogen and oxygen atoms in total. The van der Waals surface area contributed by atoms with E-state index in [0.29, 0.717) is 28.1 Å². The number of anilines is 1. The first-order chi connectivity index (χ1) is 17.4. The second-order valence-corrected chi connectivity index (χ2v) is 12.0.